The second-order valence-corrected chi connectivity index (χ2v) is 5.87. The number of aromatic nitrogens is 3. The van der Waals surface area contributed by atoms with Gasteiger partial charge in [0.25, 0.3) is 5.91 Å². The number of benzene rings is 1. The van der Waals surface area contributed by atoms with E-state index in [0.717, 1.165) is 18.6 Å². The van der Waals surface area contributed by atoms with Gasteiger partial charge in [0.15, 0.2) is 6.61 Å². The smallest absolute Gasteiger partial charge is 0.343 e. The Morgan fingerprint density at radius 3 is 2.40 bits per heavy atom. The molecule has 1 aromatic heterocycles. The van der Waals surface area contributed by atoms with Gasteiger partial charge >= 0.3 is 5.69 Å². The molecule has 8 heteroatoms. The van der Waals surface area contributed by atoms with Gasteiger partial charge in [-0.05, 0) is 44.0 Å². The van der Waals surface area contributed by atoms with E-state index in [-0.39, 0.29) is 24.2 Å². The number of hydrogen-bond donors (Lipinski definition) is 1. The van der Waals surface area contributed by atoms with Gasteiger partial charge in [-0.25, -0.2) is 9.89 Å². The fourth-order valence-corrected chi connectivity index (χ4v) is 2.95. The molecule has 1 saturated heterocycles. The summed E-state index contributed by atoms with van der Waals surface area (Å²) in [6.45, 7) is 3.75. The van der Waals surface area contributed by atoms with Gasteiger partial charge in [0.1, 0.15) is 17.8 Å². The van der Waals surface area contributed by atoms with E-state index in [9.17, 15) is 9.59 Å². The molecule has 8 nitrogen and oxygen atoms in total. The van der Waals surface area contributed by atoms with Crippen LogP contribution < -0.4 is 15.2 Å². The van der Waals surface area contributed by atoms with Gasteiger partial charge < -0.3 is 14.4 Å². The Balaban J connectivity index is 1.46. The minimum absolute atomic E-state index is 0.00427. The van der Waals surface area contributed by atoms with Crippen molar-refractivity contribution in [2.24, 2.45) is 0 Å². The molecule has 2 aromatic rings. The average molecular weight is 346 g/mol. The van der Waals surface area contributed by atoms with E-state index in [1.807, 2.05) is 19.1 Å². The van der Waals surface area contributed by atoms with Crippen molar-refractivity contribution in [3.05, 3.63) is 41.1 Å². The van der Waals surface area contributed by atoms with Crippen LogP contribution in [0.3, 0.4) is 0 Å². The summed E-state index contributed by atoms with van der Waals surface area (Å²) in [5.74, 6) is 1.36. The standard InChI is InChI=1S/C17H22N4O4/c1-2-24-14-3-5-15(6-4-14)25-11-16(22)20-9-7-13(8-10-20)21-12-18-19-17(21)23/h3-6,12-13H,2,7-11H2,1H3,(H,19,23). The molecule has 1 fully saturated rings. The first kappa shape index (κ1) is 17.1. The highest BCUT2D eigenvalue weighted by Crippen LogP contribution is 2.21. The Morgan fingerprint density at radius 2 is 1.84 bits per heavy atom. The summed E-state index contributed by atoms with van der Waals surface area (Å²) in [5.41, 5.74) is -0.205. The molecule has 1 aromatic carbocycles. The second kappa shape index (κ2) is 7.87. The van der Waals surface area contributed by atoms with Gasteiger partial charge in [-0.1, -0.05) is 0 Å². The fraction of sp³-hybridized carbons (Fsp3) is 0.471. The van der Waals surface area contributed by atoms with Gasteiger partial charge in [-0.2, -0.15) is 5.10 Å². The lowest BCUT2D eigenvalue weighted by molar-refractivity contribution is -0.134. The number of carbonyl (C=O) groups is 1. The first-order chi connectivity index (χ1) is 12.2. The second-order valence-electron chi connectivity index (χ2n) is 5.87. The average Bonchev–Trinajstić information content (AvgIpc) is 3.07. The number of nitrogens with zero attached hydrogens (tertiary/aromatic N) is 3. The van der Waals surface area contributed by atoms with E-state index in [1.165, 1.54) is 6.33 Å². The third-order valence-corrected chi connectivity index (χ3v) is 4.28. The minimum Gasteiger partial charge on any atom is -0.494 e. The highest BCUT2D eigenvalue weighted by Gasteiger charge is 2.24. The maximum Gasteiger partial charge on any atom is 0.343 e. The van der Waals surface area contributed by atoms with Crippen LogP contribution in [0.25, 0.3) is 0 Å². The number of likely N-dealkylation sites (tertiary alicyclic amines) is 1. The molecule has 0 radical (unpaired) electrons. The number of amides is 1. The topological polar surface area (TPSA) is 89.4 Å². The van der Waals surface area contributed by atoms with Crippen LogP contribution in [0.15, 0.2) is 35.4 Å². The van der Waals surface area contributed by atoms with E-state index in [4.69, 9.17) is 9.47 Å². The van der Waals surface area contributed by atoms with Gasteiger partial charge in [-0.15, -0.1) is 0 Å². The number of carbonyl (C=O) groups excluding carboxylic acids is 1. The van der Waals surface area contributed by atoms with Gasteiger partial charge in [0.05, 0.1) is 6.61 Å². The van der Waals surface area contributed by atoms with E-state index in [1.54, 1.807) is 21.6 Å². The normalized spacial score (nSPS) is 15.2. The summed E-state index contributed by atoms with van der Waals surface area (Å²) in [4.78, 5) is 25.7. The quantitative estimate of drug-likeness (QED) is 0.849. The lowest BCUT2D eigenvalue weighted by Gasteiger charge is -2.31. The van der Waals surface area contributed by atoms with Crippen LogP contribution in [0.4, 0.5) is 0 Å². The fourth-order valence-electron chi connectivity index (χ4n) is 2.95. The van der Waals surface area contributed by atoms with Gasteiger partial charge in [0, 0.05) is 19.1 Å². The molecular weight excluding hydrogens is 324 g/mol. The molecule has 0 spiro atoms. The van der Waals surface area contributed by atoms with E-state index >= 15 is 0 Å². The molecule has 0 aliphatic carbocycles. The summed E-state index contributed by atoms with van der Waals surface area (Å²) >= 11 is 0. The third-order valence-electron chi connectivity index (χ3n) is 4.28. The Kier molecular flexibility index (Phi) is 5.37. The van der Waals surface area contributed by atoms with Crippen LogP contribution in [0, 0.1) is 0 Å². The highest BCUT2D eigenvalue weighted by atomic mass is 16.5. The molecular formula is C17H22N4O4. The van der Waals surface area contributed by atoms with Crippen molar-refractivity contribution >= 4 is 5.91 Å². The zero-order chi connectivity index (χ0) is 17.6. The van der Waals surface area contributed by atoms with Crippen molar-refractivity contribution in [2.45, 2.75) is 25.8 Å². The maximum absolute atomic E-state index is 12.3. The van der Waals surface area contributed by atoms with Crippen molar-refractivity contribution in [1.82, 2.24) is 19.7 Å². The van der Waals surface area contributed by atoms with Crippen LogP contribution in [0.2, 0.25) is 0 Å². The summed E-state index contributed by atoms with van der Waals surface area (Å²) < 4.78 is 12.5. The Labute approximate surface area is 145 Å². The SMILES string of the molecule is CCOc1ccc(OCC(=O)N2CCC(n3cn[nH]c3=O)CC2)cc1. The molecule has 3 rings (SSSR count). The molecule has 1 N–H and O–H groups in total. The van der Waals surface area contributed by atoms with Crippen molar-refractivity contribution in [3.63, 3.8) is 0 Å². The zero-order valence-electron chi connectivity index (χ0n) is 14.2. The van der Waals surface area contributed by atoms with Crippen LogP contribution >= 0.6 is 0 Å². The molecule has 1 aliphatic heterocycles. The summed E-state index contributed by atoms with van der Waals surface area (Å²) in [7, 11) is 0. The largest absolute Gasteiger partial charge is 0.494 e. The number of nitrogens with one attached hydrogen (secondary N) is 1. The third kappa shape index (κ3) is 4.20. The van der Waals surface area contributed by atoms with Crippen molar-refractivity contribution < 1.29 is 14.3 Å². The number of ether oxygens (including phenoxy) is 2. The maximum atomic E-state index is 12.3. The molecule has 2 heterocycles. The number of rotatable bonds is 6. The number of aromatic amines is 1. The number of hydrogen-bond acceptors (Lipinski definition) is 5. The Morgan fingerprint density at radius 1 is 1.20 bits per heavy atom. The number of H-pyrrole nitrogens is 1. The molecule has 0 saturated carbocycles. The zero-order valence-corrected chi connectivity index (χ0v) is 14.2. The van der Waals surface area contributed by atoms with E-state index in [0.29, 0.717) is 25.4 Å². The van der Waals surface area contributed by atoms with E-state index in [2.05, 4.69) is 10.2 Å². The van der Waals surface area contributed by atoms with Crippen molar-refractivity contribution in [3.8, 4) is 11.5 Å². The van der Waals surface area contributed by atoms with Gasteiger partial charge in [-0.3, -0.25) is 9.36 Å². The minimum atomic E-state index is -0.205. The lowest BCUT2D eigenvalue weighted by Crippen LogP contribution is -2.42. The summed E-state index contributed by atoms with van der Waals surface area (Å²) in [6, 6.07) is 7.29. The number of piperidine rings is 1. The van der Waals surface area contributed by atoms with Crippen LogP contribution in [-0.4, -0.2) is 51.9 Å². The Hall–Kier alpha value is -2.77. The van der Waals surface area contributed by atoms with Crippen LogP contribution in [0.1, 0.15) is 25.8 Å². The molecule has 134 valence electrons. The van der Waals surface area contributed by atoms with Crippen LogP contribution in [0.5, 0.6) is 11.5 Å². The first-order valence-electron chi connectivity index (χ1n) is 8.42. The van der Waals surface area contributed by atoms with Crippen molar-refractivity contribution in [1.29, 1.82) is 0 Å². The van der Waals surface area contributed by atoms with Crippen LogP contribution in [-0.2, 0) is 4.79 Å². The molecule has 1 aliphatic rings. The highest BCUT2D eigenvalue weighted by molar-refractivity contribution is 5.77. The molecule has 0 unspecified atom stereocenters. The molecule has 0 bridgehead atoms. The van der Waals surface area contributed by atoms with Crippen molar-refractivity contribution in [2.75, 3.05) is 26.3 Å². The van der Waals surface area contributed by atoms with Gasteiger partial charge in [0.2, 0.25) is 0 Å². The molecule has 1 amide bonds. The predicted molar refractivity (Wildman–Crippen MR) is 90.8 cm³/mol. The predicted octanol–water partition coefficient (Wildman–Crippen LogP) is 1.21. The molecule has 0 atom stereocenters. The summed E-state index contributed by atoms with van der Waals surface area (Å²) in [5, 5.41) is 6.15. The monoisotopic (exact) mass is 346 g/mol. The Bertz CT molecular complexity index is 745. The lowest BCUT2D eigenvalue weighted by atomic mass is 10.1. The molecule has 25 heavy (non-hydrogen) atoms. The first-order valence-corrected chi connectivity index (χ1v) is 8.42. The summed E-state index contributed by atoms with van der Waals surface area (Å²) in [6.07, 6.45) is 2.97. The van der Waals surface area contributed by atoms with E-state index < -0.39 is 0 Å².